The van der Waals surface area contributed by atoms with Gasteiger partial charge in [0.2, 0.25) is 5.78 Å². The number of ketones is 1. The summed E-state index contributed by atoms with van der Waals surface area (Å²) in [6.45, 7) is 2.02. The predicted molar refractivity (Wildman–Crippen MR) is 82.2 cm³/mol. The van der Waals surface area contributed by atoms with Gasteiger partial charge in [0.25, 0.3) is 0 Å². The van der Waals surface area contributed by atoms with Crippen LogP contribution in [0.25, 0.3) is 0 Å². The molecule has 1 unspecified atom stereocenters. The zero-order valence-electron chi connectivity index (χ0n) is 12.4. The number of carbonyl (C=O) groups excluding carboxylic acids is 1. The van der Waals surface area contributed by atoms with Crippen LogP contribution in [-0.4, -0.2) is 26.5 Å². The first-order valence-corrected chi connectivity index (χ1v) is 7.42. The predicted octanol–water partition coefficient (Wildman–Crippen LogP) is 3.15. The van der Waals surface area contributed by atoms with Crippen LogP contribution in [0.5, 0.6) is 0 Å². The molecule has 2 N–H and O–H groups in total. The highest BCUT2D eigenvalue weighted by Gasteiger charge is 2.30. The van der Waals surface area contributed by atoms with Gasteiger partial charge in [0.1, 0.15) is 0 Å². The lowest BCUT2D eigenvalue weighted by atomic mass is 9.86. The number of aliphatic hydroxyl groups is 1. The summed E-state index contributed by atoms with van der Waals surface area (Å²) in [4.78, 5) is 18.9. The van der Waals surface area contributed by atoms with Crippen LogP contribution < -0.4 is 0 Å². The van der Waals surface area contributed by atoms with Crippen LogP contribution in [0, 0.1) is 0 Å². The molecule has 2 rings (SSSR count). The van der Waals surface area contributed by atoms with E-state index in [1.165, 1.54) is 5.56 Å². The molecule has 21 heavy (non-hydrogen) atoms. The lowest BCUT2D eigenvalue weighted by Gasteiger charge is -2.27. The lowest BCUT2D eigenvalue weighted by Crippen LogP contribution is -2.32. The molecular weight excluding hydrogens is 264 g/mol. The summed E-state index contributed by atoms with van der Waals surface area (Å²) in [5, 5.41) is 10.8. The van der Waals surface area contributed by atoms with Crippen LogP contribution in [-0.2, 0) is 6.42 Å². The molecule has 0 saturated heterocycles. The molecule has 0 aliphatic heterocycles. The van der Waals surface area contributed by atoms with E-state index < -0.39 is 5.60 Å². The molecular formula is C17H22N2O2. The Balaban J connectivity index is 2.00. The molecule has 0 amide bonds. The number of benzene rings is 1. The summed E-state index contributed by atoms with van der Waals surface area (Å²) in [6.07, 6.45) is 6.09. The van der Waals surface area contributed by atoms with Gasteiger partial charge in [-0.1, -0.05) is 43.7 Å². The molecule has 0 aliphatic rings. The van der Waals surface area contributed by atoms with Crippen molar-refractivity contribution in [3.8, 4) is 0 Å². The van der Waals surface area contributed by atoms with E-state index in [1.807, 2.05) is 37.3 Å². The third kappa shape index (κ3) is 4.53. The average Bonchev–Trinajstić information content (AvgIpc) is 3.01. The summed E-state index contributed by atoms with van der Waals surface area (Å²) in [5.41, 5.74) is 0.214. The maximum Gasteiger partial charge on any atom is 0.200 e. The Kier molecular flexibility index (Phi) is 5.28. The number of Topliss-reactive ketones (excluding diaryl/α,β-unsaturated/α-hetero) is 1. The van der Waals surface area contributed by atoms with Crippen molar-refractivity contribution in [2.45, 2.75) is 44.6 Å². The lowest BCUT2D eigenvalue weighted by molar-refractivity contribution is 0.0157. The van der Waals surface area contributed by atoms with E-state index in [1.54, 1.807) is 12.4 Å². The molecule has 2 aromatic rings. The molecule has 0 saturated carbocycles. The SMILES string of the molecule is CCCC(O)(CCc1ccccc1)CC(=O)c1ncc[nH]1. The first-order chi connectivity index (χ1) is 10.1. The number of aryl methyl sites for hydroxylation is 1. The number of carbonyl (C=O) groups is 1. The highest BCUT2D eigenvalue weighted by Crippen LogP contribution is 2.25. The Morgan fingerprint density at radius 3 is 2.67 bits per heavy atom. The third-order valence-electron chi connectivity index (χ3n) is 3.69. The molecule has 1 heterocycles. The van der Waals surface area contributed by atoms with E-state index in [2.05, 4.69) is 9.97 Å². The van der Waals surface area contributed by atoms with E-state index in [4.69, 9.17) is 0 Å². The second kappa shape index (κ2) is 7.18. The van der Waals surface area contributed by atoms with Crippen molar-refractivity contribution in [3.63, 3.8) is 0 Å². The van der Waals surface area contributed by atoms with Crippen molar-refractivity contribution in [2.24, 2.45) is 0 Å². The molecule has 0 fully saturated rings. The number of hydrogen-bond donors (Lipinski definition) is 2. The highest BCUT2D eigenvalue weighted by atomic mass is 16.3. The second-order valence-electron chi connectivity index (χ2n) is 5.50. The number of nitrogens with zero attached hydrogens (tertiary/aromatic N) is 1. The summed E-state index contributed by atoms with van der Waals surface area (Å²) in [7, 11) is 0. The Bertz CT molecular complexity index is 551. The molecule has 1 aromatic heterocycles. The van der Waals surface area contributed by atoms with Gasteiger partial charge in [-0.3, -0.25) is 4.79 Å². The standard InChI is InChI=1S/C17H22N2O2/c1-2-9-17(21,10-8-14-6-4-3-5-7-14)13-15(20)16-18-11-12-19-16/h3-7,11-12,21H,2,8-10,13H2,1H3,(H,18,19). The second-order valence-corrected chi connectivity index (χ2v) is 5.50. The van der Waals surface area contributed by atoms with Crippen LogP contribution in [0.4, 0.5) is 0 Å². The summed E-state index contributed by atoms with van der Waals surface area (Å²) in [5.74, 6) is 0.188. The van der Waals surface area contributed by atoms with E-state index >= 15 is 0 Å². The molecule has 0 spiro atoms. The number of nitrogens with one attached hydrogen (secondary N) is 1. The van der Waals surface area contributed by atoms with Gasteiger partial charge in [0, 0.05) is 18.8 Å². The number of H-pyrrole nitrogens is 1. The van der Waals surface area contributed by atoms with Gasteiger partial charge >= 0.3 is 0 Å². The van der Waals surface area contributed by atoms with Gasteiger partial charge in [-0.15, -0.1) is 0 Å². The topological polar surface area (TPSA) is 66.0 Å². The summed E-state index contributed by atoms with van der Waals surface area (Å²) < 4.78 is 0. The van der Waals surface area contributed by atoms with Crippen LogP contribution in [0.1, 0.15) is 48.8 Å². The van der Waals surface area contributed by atoms with Crippen molar-refractivity contribution in [1.29, 1.82) is 0 Å². The zero-order chi connectivity index (χ0) is 15.1. The number of hydrogen-bond acceptors (Lipinski definition) is 3. The number of imidazole rings is 1. The summed E-state index contributed by atoms with van der Waals surface area (Å²) in [6, 6.07) is 10.0. The first-order valence-electron chi connectivity index (χ1n) is 7.42. The van der Waals surface area contributed by atoms with Crippen molar-refractivity contribution < 1.29 is 9.90 Å². The molecule has 1 aromatic carbocycles. The van der Waals surface area contributed by atoms with Gasteiger partial charge in [-0.2, -0.15) is 0 Å². The maximum atomic E-state index is 12.2. The Morgan fingerprint density at radius 2 is 2.05 bits per heavy atom. The fraction of sp³-hybridized carbons (Fsp3) is 0.412. The van der Waals surface area contributed by atoms with E-state index in [0.717, 1.165) is 12.8 Å². The van der Waals surface area contributed by atoms with E-state index in [9.17, 15) is 9.90 Å². The van der Waals surface area contributed by atoms with Crippen molar-refractivity contribution in [1.82, 2.24) is 9.97 Å². The van der Waals surface area contributed by atoms with Crippen molar-refractivity contribution >= 4 is 5.78 Å². The van der Waals surface area contributed by atoms with Gasteiger partial charge in [-0.05, 0) is 24.8 Å². The van der Waals surface area contributed by atoms with Crippen LogP contribution in [0.3, 0.4) is 0 Å². The minimum absolute atomic E-state index is 0.112. The van der Waals surface area contributed by atoms with Crippen LogP contribution in [0.15, 0.2) is 42.7 Å². The Labute approximate surface area is 125 Å². The van der Waals surface area contributed by atoms with E-state index in [0.29, 0.717) is 18.7 Å². The number of aromatic nitrogens is 2. The fourth-order valence-electron chi connectivity index (χ4n) is 2.59. The third-order valence-corrected chi connectivity index (χ3v) is 3.69. The van der Waals surface area contributed by atoms with Gasteiger partial charge in [0.15, 0.2) is 5.82 Å². The fourth-order valence-corrected chi connectivity index (χ4v) is 2.59. The Morgan fingerprint density at radius 1 is 1.29 bits per heavy atom. The minimum atomic E-state index is -0.964. The molecule has 112 valence electrons. The summed E-state index contributed by atoms with van der Waals surface area (Å²) >= 11 is 0. The first kappa shape index (κ1) is 15.4. The quantitative estimate of drug-likeness (QED) is 0.733. The minimum Gasteiger partial charge on any atom is -0.389 e. The normalized spacial score (nSPS) is 13.8. The van der Waals surface area contributed by atoms with Crippen molar-refractivity contribution in [2.75, 3.05) is 0 Å². The van der Waals surface area contributed by atoms with Crippen molar-refractivity contribution in [3.05, 3.63) is 54.1 Å². The maximum absolute atomic E-state index is 12.2. The zero-order valence-corrected chi connectivity index (χ0v) is 12.4. The molecule has 0 radical (unpaired) electrons. The monoisotopic (exact) mass is 286 g/mol. The molecule has 0 aliphatic carbocycles. The molecule has 4 nitrogen and oxygen atoms in total. The highest BCUT2D eigenvalue weighted by molar-refractivity contribution is 5.93. The molecule has 0 bridgehead atoms. The van der Waals surface area contributed by atoms with E-state index in [-0.39, 0.29) is 12.2 Å². The molecule has 1 atom stereocenters. The van der Waals surface area contributed by atoms with Gasteiger partial charge < -0.3 is 10.1 Å². The average molecular weight is 286 g/mol. The van der Waals surface area contributed by atoms with Gasteiger partial charge in [-0.25, -0.2) is 4.98 Å². The van der Waals surface area contributed by atoms with Gasteiger partial charge in [0.05, 0.1) is 5.60 Å². The number of rotatable bonds is 8. The largest absolute Gasteiger partial charge is 0.389 e. The Hall–Kier alpha value is -1.94. The van der Waals surface area contributed by atoms with Crippen LogP contribution in [0.2, 0.25) is 0 Å². The molecule has 4 heteroatoms. The number of aromatic amines is 1. The van der Waals surface area contributed by atoms with Crippen LogP contribution >= 0.6 is 0 Å². The smallest absolute Gasteiger partial charge is 0.200 e.